The second-order valence-electron chi connectivity index (χ2n) is 9.51. The third kappa shape index (κ3) is 6.54. The Balaban J connectivity index is 1.14. The minimum absolute atomic E-state index is 0.0125. The Morgan fingerprint density at radius 1 is 1.11 bits per heavy atom. The average molecular weight is 505 g/mol. The Morgan fingerprint density at radius 2 is 1.86 bits per heavy atom. The van der Waals surface area contributed by atoms with Crippen molar-refractivity contribution in [3.63, 3.8) is 0 Å². The van der Waals surface area contributed by atoms with Crippen molar-refractivity contribution < 1.29 is 27.5 Å². The number of carbonyl (C=O) groups excluding carboxylic acids is 2. The first-order valence-electron chi connectivity index (χ1n) is 12.2. The van der Waals surface area contributed by atoms with Crippen LogP contribution in [0.1, 0.15) is 47.3 Å². The van der Waals surface area contributed by atoms with Crippen molar-refractivity contribution in [1.82, 2.24) is 20.5 Å². The molecule has 0 radical (unpaired) electrons. The first kappa shape index (κ1) is 25.9. The number of pyridine rings is 1. The van der Waals surface area contributed by atoms with E-state index in [4.69, 9.17) is 4.74 Å². The number of halogens is 3. The van der Waals surface area contributed by atoms with E-state index in [1.54, 1.807) is 13.3 Å². The molecule has 0 atom stereocenters. The largest absolute Gasteiger partial charge is 0.495 e. The van der Waals surface area contributed by atoms with Crippen LogP contribution in [0.25, 0.3) is 0 Å². The number of alkyl halides is 3. The second-order valence-corrected chi connectivity index (χ2v) is 9.51. The lowest BCUT2D eigenvalue weighted by Gasteiger charge is -2.46. The van der Waals surface area contributed by atoms with Gasteiger partial charge in [0.2, 0.25) is 5.91 Å². The van der Waals surface area contributed by atoms with Crippen LogP contribution in [0.5, 0.6) is 5.75 Å². The van der Waals surface area contributed by atoms with Crippen LogP contribution in [0, 0.1) is 5.92 Å². The topological polar surface area (TPSA) is 83.6 Å². The highest BCUT2D eigenvalue weighted by molar-refractivity contribution is 5.96. The molecule has 1 saturated carbocycles. The zero-order chi connectivity index (χ0) is 25.7. The molecule has 7 nitrogen and oxygen atoms in total. The SMILES string of the molecule is COc1cccnc1CC1CCC(N2CC(NC(=O)CNC(=O)c3cccc(C(F)(F)F)c3)C2)CC1. The van der Waals surface area contributed by atoms with Gasteiger partial charge in [0, 0.05) is 30.9 Å². The lowest BCUT2D eigenvalue weighted by molar-refractivity contribution is -0.137. The maximum atomic E-state index is 12.8. The molecule has 2 N–H and O–H groups in total. The molecule has 2 heterocycles. The van der Waals surface area contributed by atoms with Crippen LogP contribution in [0.4, 0.5) is 13.2 Å². The van der Waals surface area contributed by atoms with Crippen molar-refractivity contribution in [2.24, 2.45) is 5.92 Å². The molecule has 2 fully saturated rings. The van der Waals surface area contributed by atoms with Gasteiger partial charge >= 0.3 is 6.18 Å². The van der Waals surface area contributed by atoms with E-state index in [1.807, 2.05) is 12.1 Å². The molecule has 1 aromatic heterocycles. The van der Waals surface area contributed by atoms with Crippen molar-refractivity contribution in [2.45, 2.75) is 50.4 Å². The Bertz CT molecular complexity index is 1060. The molecule has 2 aliphatic rings. The summed E-state index contributed by atoms with van der Waals surface area (Å²) < 4.78 is 43.9. The van der Waals surface area contributed by atoms with Gasteiger partial charge in [-0.3, -0.25) is 19.5 Å². The quantitative estimate of drug-likeness (QED) is 0.576. The summed E-state index contributed by atoms with van der Waals surface area (Å²) in [5, 5.41) is 5.28. The van der Waals surface area contributed by atoms with E-state index in [2.05, 4.69) is 20.5 Å². The fourth-order valence-corrected chi connectivity index (χ4v) is 5.03. The van der Waals surface area contributed by atoms with Gasteiger partial charge in [0.25, 0.3) is 5.91 Å². The third-order valence-corrected chi connectivity index (χ3v) is 7.02. The molecule has 0 bridgehead atoms. The van der Waals surface area contributed by atoms with Crippen LogP contribution in [0.15, 0.2) is 42.6 Å². The van der Waals surface area contributed by atoms with Gasteiger partial charge in [0.1, 0.15) is 5.75 Å². The molecule has 2 aromatic rings. The van der Waals surface area contributed by atoms with Crippen LogP contribution in [-0.4, -0.2) is 60.5 Å². The fourth-order valence-electron chi connectivity index (χ4n) is 5.03. The Kier molecular flexibility index (Phi) is 8.13. The summed E-state index contributed by atoms with van der Waals surface area (Å²) in [5.74, 6) is 0.355. The highest BCUT2D eigenvalue weighted by Crippen LogP contribution is 2.33. The summed E-state index contributed by atoms with van der Waals surface area (Å²) in [6.07, 6.45) is 2.64. The Morgan fingerprint density at radius 3 is 2.56 bits per heavy atom. The van der Waals surface area contributed by atoms with Crippen molar-refractivity contribution >= 4 is 11.8 Å². The number of likely N-dealkylation sites (tertiary alicyclic amines) is 1. The number of benzene rings is 1. The van der Waals surface area contributed by atoms with E-state index < -0.39 is 17.6 Å². The molecule has 1 aromatic carbocycles. The zero-order valence-corrected chi connectivity index (χ0v) is 20.2. The summed E-state index contributed by atoms with van der Waals surface area (Å²) in [6, 6.07) is 8.47. The van der Waals surface area contributed by atoms with E-state index in [0.717, 1.165) is 68.8 Å². The van der Waals surface area contributed by atoms with E-state index in [9.17, 15) is 22.8 Å². The number of aromatic nitrogens is 1. The number of rotatable bonds is 8. The Hall–Kier alpha value is -3.14. The predicted molar refractivity (Wildman–Crippen MR) is 128 cm³/mol. The molecule has 1 saturated heterocycles. The zero-order valence-electron chi connectivity index (χ0n) is 20.2. The van der Waals surface area contributed by atoms with Crippen LogP contribution < -0.4 is 15.4 Å². The summed E-state index contributed by atoms with van der Waals surface area (Å²) >= 11 is 0. The summed E-state index contributed by atoms with van der Waals surface area (Å²) in [5.41, 5.74) is -0.0282. The number of nitrogens with one attached hydrogen (secondary N) is 2. The van der Waals surface area contributed by atoms with E-state index >= 15 is 0 Å². The number of methoxy groups -OCH3 is 1. The maximum absolute atomic E-state index is 12.8. The first-order chi connectivity index (χ1) is 17.2. The molecule has 4 rings (SSSR count). The number of amides is 2. The lowest BCUT2D eigenvalue weighted by atomic mass is 9.81. The maximum Gasteiger partial charge on any atom is 0.416 e. The minimum atomic E-state index is -4.53. The summed E-state index contributed by atoms with van der Waals surface area (Å²) in [6.45, 7) is 1.24. The lowest BCUT2D eigenvalue weighted by Crippen LogP contribution is -2.63. The second kappa shape index (κ2) is 11.3. The number of carbonyl (C=O) groups is 2. The molecule has 2 amide bonds. The van der Waals surface area contributed by atoms with Crippen LogP contribution in [-0.2, 0) is 17.4 Å². The van der Waals surface area contributed by atoms with Gasteiger partial charge in [-0.2, -0.15) is 13.2 Å². The summed E-state index contributed by atoms with van der Waals surface area (Å²) in [4.78, 5) is 31.2. The fraction of sp³-hybridized carbons (Fsp3) is 0.500. The number of hydrogen-bond acceptors (Lipinski definition) is 5. The molecule has 36 heavy (non-hydrogen) atoms. The average Bonchev–Trinajstić information content (AvgIpc) is 2.85. The van der Waals surface area contributed by atoms with Gasteiger partial charge < -0.3 is 15.4 Å². The van der Waals surface area contributed by atoms with Gasteiger partial charge in [0.05, 0.1) is 31.0 Å². The van der Waals surface area contributed by atoms with Crippen molar-refractivity contribution in [1.29, 1.82) is 0 Å². The standard InChI is InChI=1S/C26H31F3N4O3/c1-36-23-6-3-11-30-22(23)12-17-7-9-21(10-8-17)33-15-20(16-33)32-24(34)14-31-25(35)18-4-2-5-19(13-18)26(27,28)29/h2-6,11,13,17,20-21H,7-10,12,14-16H2,1H3,(H,31,35)(H,32,34). The van der Waals surface area contributed by atoms with Gasteiger partial charge in [-0.15, -0.1) is 0 Å². The molecular weight excluding hydrogens is 473 g/mol. The Labute approximate surface area is 208 Å². The molecule has 0 spiro atoms. The van der Waals surface area contributed by atoms with Gasteiger partial charge in [-0.05, 0) is 68.4 Å². The molecule has 194 valence electrons. The smallest absolute Gasteiger partial charge is 0.416 e. The van der Waals surface area contributed by atoms with Gasteiger partial charge in [-0.1, -0.05) is 6.07 Å². The van der Waals surface area contributed by atoms with Crippen molar-refractivity contribution in [2.75, 3.05) is 26.7 Å². The monoisotopic (exact) mass is 504 g/mol. The normalized spacial score (nSPS) is 20.9. The first-order valence-corrected chi connectivity index (χ1v) is 12.2. The van der Waals surface area contributed by atoms with E-state index in [0.29, 0.717) is 12.0 Å². The van der Waals surface area contributed by atoms with Crippen molar-refractivity contribution in [3.05, 3.63) is 59.4 Å². The predicted octanol–water partition coefficient (Wildman–Crippen LogP) is 3.44. The van der Waals surface area contributed by atoms with E-state index in [1.165, 1.54) is 12.1 Å². The number of nitrogens with zero attached hydrogens (tertiary/aromatic N) is 2. The number of ether oxygens (including phenoxy) is 1. The molecule has 1 aliphatic carbocycles. The van der Waals surface area contributed by atoms with Crippen LogP contribution in [0.2, 0.25) is 0 Å². The highest BCUT2D eigenvalue weighted by atomic mass is 19.4. The third-order valence-electron chi connectivity index (χ3n) is 7.02. The van der Waals surface area contributed by atoms with E-state index in [-0.39, 0.29) is 24.1 Å². The molecule has 10 heteroatoms. The van der Waals surface area contributed by atoms with Gasteiger partial charge in [-0.25, -0.2) is 0 Å². The highest BCUT2D eigenvalue weighted by Gasteiger charge is 2.35. The van der Waals surface area contributed by atoms with Crippen LogP contribution >= 0.6 is 0 Å². The molecule has 1 aliphatic heterocycles. The summed E-state index contributed by atoms with van der Waals surface area (Å²) in [7, 11) is 1.67. The molecular formula is C26H31F3N4O3. The number of hydrogen-bond donors (Lipinski definition) is 2. The van der Waals surface area contributed by atoms with Crippen molar-refractivity contribution in [3.8, 4) is 5.75 Å². The van der Waals surface area contributed by atoms with Gasteiger partial charge in [0.15, 0.2) is 0 Å². The minimum Gasteiger partial charge on any atom is -0.495 e. The molecule has 0 unspecified atom stereocenters. The van der Waals surface area contributed by atoms with Crippen LogP contribution in [0.3, 0.4) is 0 Å².